The molecule has 3 heteroatoms. The van der Waals surface area contributed by atoms with Gasteiger partial charge in [-0.25, -0.2) is 4.68 Å². The Morgan fingerprint density at radius 2 is 1.76 bits per heavy atom. The molecule has 4 rings (SSSR count). The SMILES string of the molecule is Cc1ccc(C2Nc3ccccc3-c3cc(C)nn32)cc1. The van der Waals surface area contributed by atoms with Crippen LogP contribution in [0, 0.1) is 13.8 Å². The van der Waals surface area contributed by atoms with Crippen molar-refractivity contribution in [3.05, 3.63) is 71.4 Å². The molecule has 0 spiro atoms. The minimum absolute atomic E-state index is 0.0456. The number of aryl methyl sites for hydroxylation is 2. The number of hydrogen-bond donors (Lipinski definition) is 1. The van der Waals surface area contributed by atoms with E-state index in [-0.39, 0.29) is 6.17 Å². The molecule has 0 radical (unpaired) electrons. The average molecular weight is 275 g/mol. The molecule has 1 aromatic heterocycles. The summed E-state index contributed by atoms with van der Waals surface area (Å²) in [5.74, 6) is 0. The van der Waals surface area contributed by atoms with E-state index in [0.29, 0.717) is 0 Å². The summed E-state index contributed by atoms with van der Waals surface area (Å²) in [6.45, 7) is 4.15. The maximum absolute atomic E-state index is 4.68. The van der Waals surface area contributed by atoms with Gasteiger partial charge in [-0.3, -0.25) is 0 Å². The minimum Gasteiger partial charge on any atom is -0.359 e. The van der Waals surface area contributed by atoms with Gasteiger partial charge in [0.25, 0.3) is 0 Å². The molecule has 104 valence electrons. The fraction of sp³-hybridized carbons (Fsp3) is 0.167. The third-order valence-electron chi connectivity index (χ3n) is 3.99. The zero-order valence-corrected chi connectivity index (χ0v) is 12.2. The lowest BCUT2D eigenvalue weighted by atomic mass is 10.0. The van der Waals surface area contributed by atoms with Crippen molar-refractivity contribution >= 4 is 5.69 Å². The summed E-state index contributed by atoms with van der Waals surface area (Å²) in [6, 6.07) is 19.2. The Hall–Kier alpha value is -2.55. The summed E-state index contributed by atoms with van der Waals surface area (Å²) in [7, 11) is 0. The van der Waals surface area contributed by atoms with Crippen LogP contribution in [-0.4, -0.2) is 9.78 Å². The molecule has 3 nitrogen and oxygen atoms in total. The van der Waals surface area contributed by atoms with Crippen molar-refractivity contribution < 1.29 is 0 Å². The van der Waals surface area contributed by atoms with Crippen LogP contribution in [0.2, 0.25) is 0 Å². The van der Waals surface area contributed by atoms with Crippen LogP contribution in [0.4, 0.5) is 5.69 Å². The number of rotatable bonds is 1. The summed E-state index contributed by atoms with van der Waals surface area (Å²) in [6.07, 6.45) is 0.0456. The van der Waals surface area contributed by atoms with Crippen LogP contribution >= 0.6 is 0 Å². The summed E-state index contributed by atoms with van der Waals surface area (Å²) in [4.78, 5) is 0. The lowest BCUT2D eigenvalue weighted by molar-refractivity contribution is 0.571. The normalized spacial score (nSPS) is 16.0. The standard InChI is InChI=1S/C18H17N3/c1-12-7-9-14(10-8-12)18-19-16-6-4-3-5-15(16)17-11-13(2)20-21(17)18/h3-11,18-19H,1-2H3. The van der Waals surface area contributed by atoms with Gasteiger partial charge in [-0.2, -0.15) is 5.10 Å². The maximum atomic E-state index is 4.68. The number of nitrogens with one attached hydrogen (secondary N) is 1. The highest BCUT2D eigenvalue weighted by Gasteiger charge is 2.25. The predicted molar refractivity (Wildman–Crippen MR) is 85.3 cm³/mol. The Balaban J connectivity index is 1.89. The first-order valence-electron chi connectivity index (χ1n) is 7.21. The zero-order chi connectivity index (χ0) is 14.4. The molecule has 0 saturated heterocycles. The molecule has 3 aromatic rings. The molecule has 2 aromatic carbocycles. The van der Waals surface area contributed by atoms with E-state index in [2.05, 4.69) is 76.6 Å². The van der Waals surface area contributed by atoms with Crippen molar-refractivity contribution in [1.82, 2.24) is 9.78 Å². The predicted octanol–water partition coefficient (Wildman–Crippen LogP) is 4.14. The molecular formula is C18H17N3. The third kappa shape index (κ3) is 1.93. The minimum atomic E-state index is 0.0456. The topological polar surface area (TPSA) is 29.9 Å². The molecule has 0 saturated carbocycles. The van der Waals surface area contributed by atoms with Crippen LogP contribution in [0.5, 0.6) is 0 Å². The van der Waals surface area contributed by atoms with Crippen LogP contribution in [0.15, 0.2) is 54.6 Å². The van der Waals surface area contributed by atoms with Crippen LogP contribution in [0.3, 0.4) is 0 Å². The number of benzene rings is 2. The molecule has 1 atom stereocenters. The van der Waals surface area contributed by atoms with E-state index in [0.717, 1.165) is 11.4 Å². The first-order chi connectivity index (χ1) is 10.2. The van der Waals surface area contributed by atoms with Gasteiger partial charge in [0.2, 0.25) is 0 Å². The molecular weight excluding hydrogens is 258 g/mol. The van der Waals surface area contributed by atoms with Crippen molar-refractivity contribution in [2.45, 2.75) is 20.0 Å². The van der Waals surface area contributed by atoms with E-state index < -0.39 is 0 Å². The third-order valence-corrected chi connectivity index (χ3v) is 3.99. The molecule has 21 heavy (non-hydrogen) atoms. The second kappa shape index (κ2) is 4.48. The Bertz CT molecular complexity index is 800. The van der Waals surface area contributed by atoms with E-state index in [9.17, 15) is 0 Å². The molecule has 1 N–H and O–H groups in total. The van der Waals surface area contributed by atoms with E-state index in [1.807, 2.05) is 6.92 Å². The van der Waals surface area contributed by atoms with Gasteiger partial charge in [-0.1, -0.05) is 48.0 Å². The van der Waals surface area contributed by atoms with Gasteiger partial charge in [-0.15, -0.1) is 0 Å². The summed E-state index contributed by atoms with van der Waals surface area (Å²) in [5.41, 5.74) is 7.08. The quantitative estimate of drug-likeness (QED) is 0.723. The number of aromatic nitrogens is 2. The fourth-order valence-electron chi connectivity index (χ4n) is 2.93. The molecule has 1 unspecified atom stereocenters. The first kappa shape index (κ1) is 12.2. The van der Waals surface area contributed by atoms with Crippen molar-refractivity contribution in [2.24, 2.45) is 0 Å². The summed E-state index contributed by atoms with van der Waals surface area (Å²) in [5, 5.41) is 8.29. The van der Waals surface area contributed by atoms with Gasteiger partial charge in [0.15, 0.2) is 0 Å². The van der Waals surface area contributed by atoms with Crippen molar-refractivity contribution in [2.75, 3.05) is 5.32 Å². The second-order valence-corrected chi connectivity index (χ2v) is 5.62. The van der Waals surface area contributed by atoms with E-state index >= 15 is 0 Å². The summed E-state index contributed by atoms with van der Waals surface area (Å²) >= 11 is 0. The molecule has 0 amide bonds. The van der Waals surface area contributed by atoms with E-state index in [1.165, 1.54) is 22.4 Å². The van der Waals surface area contributed by atoms with Gasteiger partial charge < -0.3 is 5.32 Å². The number of fused-ring (bicyclic) bond motifs is 3. The van der Waals surface area contributed by atoms with E-state index in [4.69, 9.17) is 0 Å². The Morgan fingerprint density at radius 3 is 2.57 bits per heavy atom. The summed E-state index contributed by atoms with van der Waals surface area (Å²) < 4.78 is 2.09. The van der Waals surface area contributed by atoms with Crippen LogP contribution in [0.1, 0.15) is 23.0 Å². The van der Waals surface area contributed by atoms with Gasteiger partial charge in [-0.05, 0) is 31.5 Å². The maximum Gasteiger partial charge on any atom is 0.147 e. The highest BCUT2D eigenvalue weighted by molar-refractivity contribution is 5.78. The Labute approximate surface area is 124 Å². The monoisotopic (exact) mass is 275 g/mol. The Kier molecular flexibility index (Phi) is 2.61. The van der Waals surface area contributed by atoms with Gasteiger partial charge >= 0.3 is 0 Å². The number of anilines is 1. The number of nitrogens with zero attached hydrogens (tertiary/aromatic N) is 2. The molecule has 1 aliphatic heterocycles. The molecule has 0 aliphatic carbocycles. The van der Waals surface area contributed by atoms with Crippen LogP contribution in [-0.2, 0) is 0 Å². The van der Waals surface area contributed by atoms with Crippen molar-refractivity contribution in [3.63, 3.8) is 0 Å². The highest BCUT2D eigenvalue weighted by Crippen LogP contribution is 2.38. The zero-order valence-electron chi connectivity index (χ0n) is 12.2. The molecule has 0 fully saturated rings. The van der Waals surface area contributed by atoms with Crippen molar-refractivity contribution in [1.29, 1.82) is 0 Å². The van der Waals surface area contributed by atoms with E-state index in [1.54, 1.807) is 0 Å². The highest BCUT2D eigenvalue weighted by atomic mass is 15.4. The molecule has 0 bridgehead atoms. The van der Waals surface area contributed by atoms with Gasteiger partial charge in [0.1, 0.15) is 6.17 Å². The Morgan fingerprint density at radius 1 is 1.00 bits per heavy atom. The number of para-hydroxylation sites is 1. The largest absolute Gasteiger partial charge is 0.359 e. The second-order valence-electron chi connectivity index (χ2n) is 5.62. The lowest BCUT2D eigenvalue weighted by Crippen LogP contribution is -2.25. The lowest BCUT2D eigenvalue weighted by Gasteiger charge is -2.29. The van der Waals surface area contributed by atoms with Crippen LogP contribution < -0.4 is 5.32 Å². The first-order valence-corrected chi connectivity index (χ1v) is 7.21. The smallest absolute Gasteiger partial charge is 0.147 e. The molecule has 2 heterocycles. The number of hydrogen-bond acceptors (Lipinski definition) is 2. The van der Waals surface area contributed by atoms with Gasteiger partial charge in [0, 0.05) is 11.3 Å². The fourth-order valence-corrected chi connectivity index (χ4v) is 2.93. The van der Waals surface area contributed by atoms with Crippen LogP contribution in [0.25, 0.3) is 11.3 Å². The van der Waals surface area contributed by atoms with Crippen molar-refractivity contribution in [3.8, 4) is 11.3 Å². The van der Waals surface area contributed by atoms with Gasteiger partial charge in [0.05, 0.1) is 11.4 Å². The average Bonchev–Trinajstić information content (AvgIpc) is 2.89. The molecule has 1 aliphatic rings.